The summed E-state index contributed by atoms with van der Waals surface area (Å²) in [6.45, 7) is 3.57. The van der Waals surface area contributed by atoms with E-state index >= 15 is 0 Å². The van der Waals surface area contributed by atoms with Crippen LogP contribution in [-0.2, 0) is 14.1 Å². The second kappa shape index (κ2) is 4.83. The summed E-state index contributed by atoms with van der Waals surface area (Å²) in [7, 11) is 3.46. The van der Waals surface area contributed by atoms with Crippen molar-refractivity contribution in [3.05, 3.63) is 39.4 Å². The molecular weight excluding hydrogens is 284 g/mol. The van der Waals surface area contributed by atoms with Crippen molar-refractivity contribution >= 4 is 22.8 Å². The van der Waals surface area contributed by atoms with Crippen LogP contribution in [0.4, 0.5) is 5.82 Å². The Labute approximate surface area is 125 Å². The van der Waals surface area contributed by atoms with Crippen molar-refractivity contribution in [2.45, 2.75) is 13.8 Å². The molecule has 3 heterocycles. The van der Waals surface area contributed by atoms with E-state index < -0.39 is 5.91 Å². The van der Waals surface area contributed by atoms with Gasteiger partial charge in [0.2, 0.25) is 5.43 Å². The van der Waals surface area contributed by atoms with Crippen LogP contribution in [0.3, 0.4) is 0 Å². The summed E-state index contributed by atoms with van der Waals surface area (Å²) >= 11 is 0. The van der Waals surface area contributed by atoms with Gasteiger partial charge in [-0.15, -0.1) is 0 Å². The predicted octanol–water partition coefficient (Wildman–Crippen LogP) is 0.864. The molecule has 0 aliphatic heterocycles. The van der Waals surface area contributed by atoms with Crippen LogP contribution in [0.15, 0.2) is 17.1 Å². The molecule has 3 rings (SSSR count). The second-order valence-electron chi connectivity index (χ2n) is 5.21. The van der Waals surface area contributed by atoms with Crippen LogP contribution in [0, 0.1) is 13.8 Å². The molecule has 0 spiro atoms. The average Bonchev–Trinajstić information content (AvgIpc) is 2.90. The fourth-order valence-electron chi connectivity index (χ4n) is 2.52. The van der Waals surface area contributed by atoms with Crippen molar-refractivity contribution < 1.29 is 4.79 Å². The highest BCUT2D eigenvalue weighted by Gasteiger charge is 2.18. The van der Waals surface area contributed by atoms with Crippen molar-refractivity contribution in [2.24, 2.45) is 14.1 Å². The molecule has 0 aromatic carbocycles. The summed E-state index contributed by atoms with van der Waals surface area (Å²) in [6.07, 6.45) is 1.41. The quantitative estimate of drug-likeness (QED) is 0.733. The molecule has 8 nitrogen and oxygen atoms in total. The SMILES string of the molecule is Cc1cc(NC(=O)c2c[nH]c3c(c(C)nn3C)c2=O)n(C)n1. The number of pyridine rings is 1. The van der Waals surface area contributed by atoms with Crippen LogP contribution in [0.2, 0.25) is 0 Å². The van der Waals surface area contributed by atoms with Gasteiger partial charge in [-0.2, -0.15) is 10.2 Å². The molecule has 0 unspecified atom stereocenters. The first-order valence-corrected chi connectivity index (χ1v) is 6.75. The maximum absolute atomic E-state index is 12.5. The molecule has 0 bridgehead atoms. The third kappa shape index (κ3) is 2.09. The topological polar surface area (TPSA) is 97.6 Å². The van der Waals surface area contributed by atoms with Crippen molar-refractivity contribution in [2.75, 3.05) is 5.32 Å². The third-order valence-electron chi connectivity index (χ3n) is 3.54. The molecule has 0 aliphatic rings. The number of carbonyl (C=O) groups excluding carboxylic acids is 1. The number of nitrogens with one attached hydrogen (secondary N) is 2. The van der Waals surface area contributed by atoms with E-state index in [-0.39, 0.29) is 11.0 Å². The number of rotatable bonds is 2. The van der Waals surface area contributed by atoms with Gasteiger partial charge in [0.15, 0.2) is 0 Å². The number of fused-ring (bicyclic) bond motifs is 1. The Bertz CT molecular complexity index is 946. The van der Waals surface area contributed by atoms with Gasteiger partial charge in [0.25, 0.3) is 5.91 Å². The van der Waals surface area contributed by atoms with Crippen molar-refractivity contribution in [3.8, 4) is 0 Å². The first-order chi connectivity index (χ1) is 10.4. The zero-order valence-corrected chi connectivity index (χ0v) is 12.8. The summed E-state index contributed by atoms with van der Waals surface area (Å²) in [5.74, 6) is 0.0549. The predicted molar refractivity (Wildman–Crippen MR) is 82.0 cm³/mol. The number of H-pyrrole nitrogens is 1. The first-order valence-electron chi connectivity index (χ1n) is 6.75. The third-order valence-corrected chi connectivity index (χ3v) is 3.54. The Balaban J connectivity index is 2.05. The molecule has 8 heteroatoms. The van der Waals surface area contributed by atoms with Crippen molar-refractivity contribution in [1.29, 1.82) is 0 Å². The van der Waals surface area contributed by atoms with E-state index in [4.69, 9.17) is 0 Å². The number of aryl methyl sites for hydroxylation is 4. The van der Waals surface area contributed by atoms with E-state index in [1.807, 2.05) is 6.92 Å². The van der Waals surface area contributed by atoms with E-state index in [2.05, 4.69) is 20.5 Å². The number of carbonyl (C=O) groups is 1. The van der Waals surface area contributed by atoms with Crippen LogP contribution in [0.25, 0.3) is 11.0 Å². The lowest BCUT2D eigenvalue weighted by Gasteiger charge is -2.05. The summed E-state index contributed by atoms with van der Waals surface area (Å²) in [6, 6.07) is 1.74. The zero-order chi connectivity index (χ0) is 16.0. The van der Waals surface area contributed by atoms with Crippen LogP contribution in [-0.4, -0.2) is 30.5 Å². The molecule has 1 amide bonds. The Morgan fingerprint density at radius 1 is 1.23 bits per heavy atom. The number of hydrogen-bond donors (Lipinski definition) is 2. The van der Waals surface area contributed by atoms with Crippen LogP contribution >= 0.6 is 0 Å². The number of aromatic amines is 1. The Morgan fingerprint density at radius 3 is 2.59 bits per heavy atom. The molecule has 3 aromatic rings. The molecule has 0 radical (unpaired) electrons. The molecule has 3 aromatic heterocycles. The lowest BCUT2D eigenvalue weighted by Crippen LogP contribution is -2.23. The minimum absolute atomic E-state index is 0.0439. The normalized spacial score (nSPS) is 11.1. The molecule has 0 fully saturated rings. The monoisotopic (exact) mass is 300 g/mol. The van der Waals surface area contributed by atoms with Crippen molar-refractivity contribution in [1.82, 2.24) is 24.5 Å². The van der Waals surface area contributed by atoms with E-state index in [1.54, 1.807) is 36.4 Å². The zero-order valence-electron chi connectivity index (χ0n) is 12.8. The molecular formula is C14H16N6O2. The maximum Gasteiger partial charge on any atom is 0.262 e. The van der Waals surface area contributed by atoms with E-state index in [0.717, 1.165) is 5.69 Å². The van der Waals surface area contributed by atoms with Gasteiger partial charge >= 0.3 is 0 Å². The molecule has 0 saturated heterocycles. The number of nitrogens with zero attached hydrogens (tertiary/aromatic N) is 4. The van der Waals surface area contributed by atoms with E-state index in [1.165, 1.54) is 6.20 Å². The summed E-state index contributed by atoms with van der Waals surface area (Å²) < 4.78 is 3.13. The number of hydrogen-bond acceptors (Lipinski definition) is 4. The van der Waals surface area contributed by atoms with Gasteiger partial charge in [-0.05, 0) is 13.8 Å². The number of aromatic nitrogens is 5. The van der Waals surface area contributed by atoms with Gasteiger partial charge in [-0.3, -0.25) is 19.0 Å². The van der Waals surface area contributed by atoms with Crippen LogP contribution in [0.5, 0.6) is 0 Å². The summed E-state index contributed by atoms with van der Waals surface area (Å²) in [5, 5.41) is 11.5. The second-order valence-corrected chi connectivity index (χ2v) is 5.21. The highest BCUT2D eigenvalue weighted by atomic mass is 16.2. The van der Waals surface area contributed by atoms with Crippen LogP contribution < -0.4 is 10.7 Å². The van der Waals surface area contributed by atoms with Crippen molar-refractivity contribution in [3.63, 3.8) is 0 Å². The van der Waals surface area contributed by atoms with E-state index in [0.29, 0.717) is 22.5 Å². The Kier molecular flexibility index (Phi) is 3.09. The largest absolute Gasteiger partial charge is 0.345 e. The lowest BCUT2D eigenvalue weighted by molar-refractivity contribution is 0.102. The maximum atomic E-state index is 12.5. The first kappa shape index (κ1) is 14.1. The smallest absolute Gasteiger partial charge is 0.262 e. The van der Waals surface area contributed by atoms with Crippen LogP contribution in [0.1, 0.15) is 21.7 Å². The van der Waals surface area contributed by atoms with Gasteiger partial charge < -0.3 is 10.3 Å². The fourth-order valence-corrected chi connectivity index (χ4v) is 2.52. The van der Waals surface area contributed by atoms with Gasteiger partial charge in [0.05, 0.1) is 16.8 Å². The minimum Gasteiger partial charge on any atom is -0.345 e. The average molecular weight is 300 g/mol. The number of amides is 1. The van der Waals surface area contributed by atoms with Gasteiger partial charge in [0, 0.05) is 26.4 Å². The molecule has 0 saturated carbocycles. The Hall–Kier alpha value is -2.90. The molecule has 114 valence electrons. The highest BCUT2D eigenvalue weighted by Crippen LogP contribution is 2.13. The van der Waals surface area contributed by atoms with Gasteiger partial charge in [-0.1, -0.05) is 0 Å². The highest BCUT2D eigenvalue weighted by molar-refractivity contribution is 6.05. The molecule has 2 N–H and O–H groups in total. The van der Waals surface area contributed by atoms with E-state index in [9.17, 15) is 9.59 Å². The summed E-state index contributed by atoms with van der Waals surface area (Å²) in [4.78, 5) is 27.8. The Morgan fingerprint density at radius 2 is 1.95 bits per heavy atom. The fraction of sp³-hybridized carbons (Fsp3) is 0.286. The lowest BCUT2D eigenvalue weighted by atomic mass is 10.2. The van der Waals surface area contributed by atoms with Gasteiger partial charge in [-0.25, -0.2) is 0 Å². The van der Waals surface area contributed by atoms with Gasteiger partial charge in [0.1, 0.15) is 17.0 Å². The summed E-state index contributed by atoms with van der Waals surface area (Å²) in [5.41, 5.74) is 1.67. The molecule has 0 atom stereocenters. The number of anilines is 1. The standard InChI is InChI=1S/C14H16N6O2/c1-7-5-10(19(3)17-7)16-14(22)9-6-15-13-11(12(9)21)8(2)18-20(13)4/h5-6H,1-4H3,(H,15,21)(H,16,22). The minimum atomic E-state index is -0.477. The molecule has 0 aliphatic carbocycles. The molecule has 22 heavy (non-hydrogen) atoms.